The lowest BCUT2D eigenvalue weighted by molar-refractivity contribution is 0.0526. The molecule has 0 bridgehead atoms. The molecule has 0 amide bonds. The number of ether oxygens (including phenoxy) is 1. The molecule has 2 heterocycles. The van der Waals surface area contributed by atoms with Gasteiger partial charge in [-0.15, -0.1) is 0 Å². The third-order valence-corrected chi connectivity index (χ3v) is 5.67. The quantitative estimate of drug-likeness (QED) is 0.292. The number of hydrogen-bond acceptors (Lipinski definition) is 5. The van der Waals surface area contributed by atoms with Crippen molar-refractivity contribution in [3.8, 4) is 0 Å². The first-order chi connectivity index (χ1) is 15.0. The molecule has 4 aromatic rings. The number of carbonyl (C=O) groups excluding carboxylic acids is 1. The number of fused-ring (bicyclic) bond motifs is 1. The van der Waals surface area contributed by atoms with Crippen LogP contribution in [0.1, 0.15) is 28.5 Å². The highest BCUT2D eigenvalue weighted by Gasteiger charge is 2.16. The van der Waals surface area contributed by atoms with E-state index in [1.807, 2.05) is 28.8 Å². The normalized spacial score (nSPS) is 11.1. The Morgan fingerprint density at radius 1 is 1.13 bits per heavy atom. The summed E-state index contributed by atoms with van der Waals surface area (Å²) in [5.41, 5.74) is 3.09. The molecule has 158 valence electrons. The Labute approximate surface area is 182 Å². The maximum Gasteiger partial charge on any atom is 0.338 e. The zero-order valence-electron chi connectivity index (χ0n) is 16.7. The van der Waals surface area contributed by atoms with Crippen LogP contribution in [0.4, 0.5) is 8.78 Å². The number of esters is 1. The Kier molecular flexibility index (Phi) is 6.27. The molecule has 0 radical (unpaired) electrons. The second-order valence-corrected chi connectivity index (χ2v) is 7.69. The van der Waals surface area contributed by atoms with Crippen LogP contribution in [0, 0.1) is 11.6 Å². The fourth-order valence-electron chi connectivity index (χ4n) is 3.15. The Bertz CT molecular complexity index is 1230. The van der Waals surface area contributed by atoms with E-state index in [1.54, 1.807) is 25.3 Å². The number of nitrogens with zero attached hydrogens (tertiary/aromatic N) is 3. The fourth-order valence-corrected chi connectivity index (χ4v) is 4.15. The van der Waals surface area contributed by atoms with Crippen molar-refractivity contribution < 1.29 is 18.3 Å². The summed E-state index contributed by atoms with van der Waals surface area (Å²) in [6, 6.07) is 14.4. The summed E-state index contributed by atoms with van der Waals surface area (Å²) in [6.45, 7) is 2.50. The minimum atomic E-state index is -0.611. The van der Waals surface area contributed by atoms with Crippen molar-refractivity contribution in [2.24, 2.45) is 0 Å². The van der Waals surface area contributed by atoms with Crippen molar-refractivity contribution in [3.05, 3.63) is 89.2 Å². The van der Waals surface area contributed by atoms with E-state index in [2.05, 4.69) is 9.97 Å². The van der Waals surface area contributed by atoms with Gasteiger partial charge in [-0.05, 0) is 48.9 Å². The Morgan fingerprint density at radius 3 is 2.74 bits per heavy atom. The van der Waals surface area contributed by atoms with Crippen LogP contribution in [0.2, 0.25) is 0 Å². The van der Waals surface area contributed by atoms with Crippen molar-refractivity contribution in [2.75, 3.05) is 6.61 Å². The lowest BCUT2D eigenvalue weighted by atomic mass is 10.2. The van der Waals surface area contributed by atoms with Gasteiger partial charge in [-0.3, -0.25) is 4.98 Å². The van der Waals surface area contributed by atoms with Crippen molar-refractivity contribution in [3.63, 3.8) is 0 Å². The molecule has 8 heteroatoms. The summed E-state index contributed by atoms with van der Waals surface area (Å²) in [4.78, 5) is 21.2. The van der Waals surface area contributed by atoms with Crippen LogP contribution >= 0.6 is 11.8 Å². The van der Waals surface area contributed by atoms with Gasteiger partial charge in [0.25, 0.3) is 0 Å². The largest absolute Gasteiger partial charge is 0.462 e. The van der Waals surface area contributed by atoms with Gasteiger partial charge in [0.15, 0.2) is 5.16 Å². The third-order valence-electron chi connectivity index (χ3n) is 4.64. The predicted octanol–water partition coefficient (Wildman–Crippen LogP) is 5.23. The van der Waals surface area contributed by atoms with Crippen LogP contribution < -0.4 is 0 Å². The highest BCUT2D eigenvalue weighted by molar-refractivity contribution is 7.98. The van der Waals surface area contributed by atoms with Crippen molar-refractivity contribution in [1.82, 2.24) is 14.5 Å². The van der Waals surface area contributed by atoms with Crippen LogP contribution in [0.3, 0.4) is 0 Å². The molecule has 0 atom stereocenters. The van der Waals surface area contributed by atoms with Gasteiger partial charge in [-0.25, -0.2) is 18.6 Å². The Morgan fingerprint density at radius 2 is 2.00 bits per heavy atom. The van der Waals surface area contributed by atoms with Crippen molar-refractivity contribution in [1.29, 1.82) is 0 Å². The molecule has 0 fully saturated rings. The van der Waals surface area contributed by atoms with Crippen LogP contribution in [0.15, 0.2) is 66.0 Å². The average Bonchev–Trinajstić information content (AvgIpc) is 3.10. The summed E-state index contributed by atoms with van der Waals surface area (Å²) in [6.07, 6.45) is 1.72. The molecule has 0 aliphatic carbocycles. The molecular weight excluding hydrogens is 420 g/mol. The number of aromatic nitrogens is 3. The standard InChI is InChI=1S/C23H19F2N3O2S/c1-2-30-22(29)15-7-9-21-20(11-15)27-23(28(21)13-18-5-3-4-10-26-18)31-14-16-6-8-17(24)12-19(16)25/h3-12H,2,13-14H2,1H3. The molecule has 4 rings (SSSR count). The third kappa shape index (κ3) is 4.74. The highest BCUT2D eigenvalue weighted by atomic mass is 32.2. The monoisotopic (exact) mass is 439 g/mol. The van der Waals surface area contributed by atoms with Crippen molar-refractivity contribution >= 4 is 28.8 Å². The first-order valence-corrected chi connectivity index (χ1v) is 10.7. The minimum Gasteiger partial charge on any atom is -0.462 e. The summed E-state index contributed by atoms with van der Waals surface area (Å²) in [7, 11) is 0. The molecule has 0 spiro atoms. The van der Waals surface area contributed by atoms with E-state index in [0.29, 0.717) is 28.3 Å². The van der Waals surface area contributed by atoms with E-state index in [0.717, 1.165) is 17.3 Å². The number of pyridine rings is 1. The van der Waals surface area contributed by atoms with Gasteiger partial charge in [-0.1, -0.05) is 23.9 Å². The lowest BCUT2D eigenvalue weighted by Crippen LogP contribution is -2.05. The number of rotatable bonds is 7. The lowest BCUT2D eigenvalue weighted by Gasteiger charge is -2.09. The molecule has 0 N–H and O–H groups in total. The maximum atomic E-state index is 14.1. The Hall–Kier alpha value is -3.26. The van der Waals surface area contributed by atoms with E-state index >= 15 is 0 Å². The van der Waals surface area contributed by atoms with Gasteiger partial charge in [0.05, 0.1) is 35.4 Å². The van der Waals surface area contributed by atoms with E-state index in [9.17, 15) is 13.6 Å². The Balaban J connectivity index is 1.70. The van der Waals surface area contributed by atoms with Crippen LogP contribution in [0.25, 0.3) is 11.0 Å². The first kappa shape index (κ1) is 21.0. The van der Waals surface area contributed by atoms with Gasteiger partial charge < -0.3 is 9.30 Å². The van der Waals surface area contributed by atoms with Gasteiger partial charge >= 0.3 is 5.97 Å². The van der Waals surface area contributed by atoms with Crippen LogP contribution in [-0.4, -0.2) is 27.1 Å². The summed E-state index contributed by atoms with van der Waals surface area (Å²) in [5, 5.41) is 0.644. The number of thioether (sulfide) groups is 1. The zero-order chi connectivity index (χ0) is 21.8. The molecule has 0 aliphatic heterocycles. The maximum absolute atomic E-state index is 14.1. The van der Waals surface area contributed by atoms with Gasteiger partial charge in [0, 0.05) is 18.0 Å². The van der Waals surface area contributed by atoms with Crippen LogP contribution in [0.5, 0.6) is 0 Å². The topological polar surface area (TPSA) is 57.0 Å². The number of hydrogen-bond donors (Lipinski definition) is 0. The predicted molar refractivity (Wildman–Crippen MR) is 115 cm³/mol. The first-order valence-electron chi connectivity index (χ1n) is 9.69. The second-order valence-electron chi connectivity index (χ2n) is 6.75. The zero-order valence-corrected chi connectivity index (χ0v) is 17.5. The summed E-state index contributed by atoms with van der Waals surface area (Å²) >= 11 is 1.34. The second kappa shape index (κ2) is 9.26. The molecule has 0 saturated heterocycles. The van der Waals surface area contributed by atoms with Gasteiger partial charge in [-0.2, -0.15) is 0 Å². The van der Waals surface area contributed by atoms with Crippen molar-refractivity contribution in [2.45, 2.75) is 24.4 Å². The molecule has 5 nitrogen and oxygen atoms in total. The SMILES string of the molecule is CCOC(=O)c1ccc2c(c1)nc(SCc1ccc(F)cc1F)n2Cc1ccccn1. The number of halogens is 2. The molecular formula is C23H19F2N3O2S. The van der Waals surface area contributed by atoms with Gasteiger partial charge in [0.2, 0.25) is 0 Å². The van der Waals surface area contributed by atoms with Gasteiger partial charge in [0.1, 0.15) is 11.6 Å². The number of imidazole rings is 1. The van der Waals surface area contributed by atoms with E-state index < -0.39 is 17.6 Å². The number of benzene rings is 2. The van der Waals surface area contributed by atoms with E-state index in [4.69, 9.17) is 4.74 Å². The fraction of sp³-hybridized carbons (Fsp3) is 0.174. The van der Waals surface area contributed by atoms with E-state index in [-0.39, 0.29) is 12.4 Å². The highest BCUT2D eigenvalue weighted by Crippen LogP contribution is 2.29. The average molecular weight is 439 g/mol. The molecule has 0 saturated carbocycles. The molecule has 0 unspecified atom stereocenters. The smallest absolute Gasteiger partial charge is 0.338 e. The summed E-state index contributed by atoms with van der Waals surface area (Å²) < 4.78 is 34.3. The van der Waals surface area contributed by atoms with Crippen LogP contribution in [-0.2, 0) is 17.0 Å². The number of carbonyl (C=O) groups is 1. The molecule has 31 heavy (non-hydrogen) atoms. The van der Waals surface area contributed by atoms with E-state index in [1.165, 1.54) is 23.9 Å². The molecule has 2 aromatic carbocycles. The molecule has 0 aliphatic rings. The molecule has 2 aromatic heterocycles. The minimum absolute atomic E-state index is 0.280. The summed E-state index contributed by atoms with van der Waals surface area (Å²) in [5.74, 6) is -1.33.